The lowest BCUT2D eigenvalue weighted by Crippen LogP contribution is -1.94. The van der Waals surface area contributed by atoms with Gasteiger partial charge < -0.3 is 0 Å². The van der Waals surface area contributed by atoms with Crippen LogP contribution in [-0.2, 0) is 6.42 Å². The summed E-state index contributed by atoms with van der Waals surface area (Å²) in [6, 6.07) is 4.06. The third-order valence-electron chi connectivity index (χ3n) is 1.89. The molecule has 0 N–H and O–H groups in total. The molecule has 1 aliphatic heterocycles. The van der Waals surface area contributed by atoms with Gasteiger partial charge in [0, 0.05) is 12.4 Å². The molecule has 0 aromatic carbocycles. The number of aromatic nitrogens is 1. The molecule has 60 valence electrons. The van der Waals surface area contributed by atoms with Crippen molar-refractivity contribution < 1.29 is 0 Å². The van der Waals surface area contributed by atoms with E-state index in [0.29, 0.717) is 0 Å². The van der Waals surface area contributed by atoms with E-state index in [0.717, 1.165) is 12.1 Å². The van der Waals surface area contributed by atoms with Gasteiger partial charge >= 0.3 is 0 Å². The van der Waals surface area contributed by atoms with E-state index in [9.17, 15) is 0 Å². The number of allylic oxidation sites excluding steroid dienone is 1. The van der Waals surface area contributed by atoms with Crippen molar-refractivity contribution >= 4 is 6.21 Å². The van der Waals surface area contributed by atoms with Crippen LogP contribution in [-0.4, -0.2) is 11.2 Å². The summed E-state index contributed by atoms with van der Waals surface area (Å²) in [6.45, 7) is 2.08. The van der Waals surface area contributed by atoms with E-state index in [2.05, 4.69) is 23.0 Å². The summed E-state index contributed by atoms with van der Waals surface area (Å²) in [4.78, 5) is 8.37. The van der Waals surface area contributed by atoms with Crippen LogP contribution in [0.25, 0.3) is 0 Å². The van der Waals surface area contributed by atoms with Crippen molar-refractivity contribution in [2.75, 3.05) is 0 Å². The Balaban J connectivity index is 2.49. The van der Waals surface area contributed by atoms with Gasteiger partial charge in [0.2, 0.25) is 0 Å². The summed E-state index contributed by atoms with van der Waals surface area (Å²) < 4.78 is 0. The average molecular weight is 158 g/mol. The molecule has 0 fully saturated rings. The predicted molar refractivity (Wildman–Crippen MR) is 49.3 cm³/mol. The zero-order chi connectivity index (χ0) is 8.39. The molecule has 0 atom stereocenters. The molecular formula is C10H10N2. The molecule has 0 saturated carbocycles. The van der Waals surface area contributed by atoms with Gasteiger partial charge in [0.1, 0.15) is 0 Å². The van der Waals surface area contributed by atoms with Crippen molar-refractivity contribution in [2.45, 2.75) is 13.3 Å². The minimum Gasteiger partial charge on any atom is -0.263 e. The molecule has 12 heavy (non-hydrogen) atoms. The highest BCUT2D eigenvalue weighted by molar-refractivity contribution is 5.80. The molecule has 1 aliphatic rings. The highest BCUT2D eigenvalue weighted by Crippen LogP contribution is 2.12. The first kappa shape index (κ1) is 7.22. The summed E-state index contributed by atoms with van der Waals surface area (Å²) in [5.74, 6) is 0. The van der Waals surface area contributed by atoms with E-state index >= 15 is 0 Å². The van der Waals surface area contributed by atoms with Crippen LogP contribution in [0.15, 0.2) is 35.1 Å². The van der Waals surface area contributed by atoms with E-state index in [1.165, 1.54) is 11.1 Å². The second kappa shape index (κ2) is 2.89. The first-order valence-corrected chi connectivity index (χ1v) is 3.99. The number of pyridine rings is 1. The largest absolute Gasteiger partial charge is 0.263 e. The Kier molecular flexibility index (Phi) is 1.74. The normalized spacial score (nSPS) is 14.9. The lowest BCUT2D eigenvalue weighted by atomic mass is 10.1. The quantitative estimate of drug-likeness (QED) is 0.566. The predicted octanol–water partition coefficient (Wildman–Crippen LogP) is 1.96. The van der Waals surface area contributed by atoms with Crippen molar-refractivity contribution in [2.24, 2.45) is 4.99 Å². The van der Waals surface area contributed by atoms with Gasteiger partial charge in [0.15, 0.2) is 0 Å². The van der Waals surface area contributed by atoms with Crippen molar-refractivity contribution in [3.05, 3.63) is 41.4 Å². The zero-order valence-electron chi connectivity index (χ0n) is 6.99. The smallest absolute Gasteiger partial charge is 0.0847 e. The topological polar surface area (TPSA) is 25.2 Å². The molecule has 0 amide bonds. The molecule has 2 rings (SSSR count). The number of rotatable bonds is 0. The third-order valence-corrected chi connectivity index (χ3v) is 1.89. The maximum absolute atomic E-state index is 4.23. The highest BCUT2D eigenvalue weighted by Gasteiger charge is 2.03. The Labute approximate surface area is 71.7 Å². The van der Waals surface area contributed by atoms with E-state index in [4.69, 9.17) is 0 Å². The van der Waals surface area contributed by atoms with Gasteiger partial charge in [-0.15, -0.1) is 0 Å². The summed E-state index contributed by atoms with van der Waals surface area (Å²) in [5.41, 5.74) is 3.52. The SMILES string of the molecule is CC1=CN=Cc2ncccc2C1. The van der Waals surface area contributed by atoms with Crippen molar-refractivity contribution in [1.82, 2.24) is 4.98 Å². The van der Waals surface area contributed by atoms with E-state index < -0.39 is 0 Å². The van der Waals surface area contributed by atoms with Gasteiger partial charge in [-0.25, -0.2) is 0 Å². The van der Waals surface area contributed by atoms with Crippen LogP contribution in [0.1, 0.15) is 18.2 Å². The third kappa shape index (κ3) is 1.28. The zero-order valence-corrected chi connectivity index (χ0v) is 6.99. The van der Waals surface area contributed by atoms with Gasteiger partial charge in [0.05, 0.1) is 11.9 Å². The van der Waals surface area contributed by atoms with Gasteiger partial charge in [-0.05, 0) is 25.0 Å². The van der Waals surface area contributed by atoms with Crippen molar-refractivity contribution in [3.8, 4) is 0 Å². The molecular weight excluding hydrogens is 148 g/mol. The Morgan fingerprint density at radius 3 is 3.25 bits per heavy atom. The van der Waals surface area contributed by atoms with Crippen LogP contribution in [0.5, 0.6) is 0 Å². The van der Waals surface area contributed by atoms with E-state index in [1.54, 1.807) is 6.20 Å². The van der Waals surface area contributed by atoms with Crippen LogP contribution < -0.4 is 0 Å². The van der Waals surface area contributed by atoms with Crippen molar-refractivity contribution in [1.29, 1.82) is 0 Å². The highest BCUT2D eigenvalue weighted by atomic mass is 14.7. The second-order valence-corrected chi connectivity index (χ2v) is 2.98. The molecule has 1 aromatic rings. The molecule has 0 bridgehead atoms. The fourth-order valence-corrected chi connectivity index (χ4v) is 1.30. The molecule has 2 heterocycles. The minimum atomic E-state index is 0.961. The summed E-state index contributed by atoms with van der Waals surface area (Å²) >= 11 is 0. The number of hydrogen-bond acceptors (Lipinski definition) is 2. The maximum Gasteiger partial charge on any atom is 0.0847 e. The molecule has 2 nitrogen and oxygen atoms in total. The lowest BCUT2D eigenvalue weighted by molar-refractivity contribution is 1.11. The average Bonchev–Trinajstić information content (AvgIpc) is 2.25. The molecule has 2 heteroatoms. The van der Waals surface area contributed by atoms with Crippen LogP contribution in [0.4, 0.5) is 0 Å². The number of nitrogens with zero attached hydrogens (tertiary/aromatic N) is 2. The molecule has 0 spiro atoms. The number of aliphatic imine (C=N–C) groups is 1. The Bertz CT molecular complexity index is 351. The molecule has 0 aliphatic carbocycles. The van der Waals surface area contributed by atoms with Crippen LogP contribution in [0.3, 0.4) is 0 Å². The van der Waals surface area contributed by atoms with Gasteiger partial charge in [-0.1, -0.05) is 11.6 Å². The second-order valence-electron chi connectivity index (χ2n) is 2.98. The Morgan fingerprint density at radius 2 is 2.33 bits per heavy atom. The Hall–Kier alpha value is -1.44. The molecule has 0 saturated heterocycles. The first-order chi connectivity index (χ1) is 5.86. The lowest BCUT2D eigenvalue weighted by Gasteiger charge is -2.00. The molecule has 1 aromatic heterocycles. The fourth-order valence-electron chi connectivity index (χ4n) is 1.30. The minimum absolute atomic E-state index is 0.961. The Morgan fingerprint density at radius 1 is 1.42 bits per heavy atom. The number of fused-ring (bicyclic) bond motifs is 1. The maximum atomic E-state index is 4.23. The number of hydrogen-bond donors (Lipinski definition) is 0. The summed E-state index contributed by atoms with van der Waals surface area (Å²) in [7, 11) is 0. The molecule has 0 unspecified atom stereocenters. The summed E-state index contributed by atoms with van der Waals surface area (Å²) in [5, 5.41) is 0. The van der Waals surface area contributed by atoms with Gasteiger partial charge in [-0.2, -0.15) is 0 Å². The summed E-state index contributed by atoms with van der Waals surface area (Å²) in [6.07, 6.45) is 6.46. The van der Waals surface area contributed by atoms with Crippen molar-refractivity contribution in [3.63, 3.8) is 0 Å². The molecule has 0 radical (unpaired) electrons. The van der Waals surface area contributed by atoms with Crippen LogP contribution in [0.2, 0.25) is 0 Å². The van der Waals surface area contributed by atoms with Crippen LogP contribution in [0, 0.1) is 0 Å². The van der Waals surface area contributed by atoms with Gasteiger partial charge in [0.25, 0.3) is 0 Å². The first-order valence-electron chi connectivity index (χ1n) is 3.99. The standard InChI is InChI=1S/C10H10N2/c1-8-5-9-3-2-4-12-10(9)7-11-6-8/h2-4,6-7H,5H2,1H3. The van der Waals surface area contributed by atoms with Crippen LogP contribution >= 0.6 is 0 Å². The van der Waals surface area contributed by atoms with E-state index in [1.807, 2.05) is 18.5 Å². The monoisotopic (exact) mass is 158 g/mol. The fraction of sp³-hybridized carbons (Fsp3) is 0.200. The van der Waals surface area contributed by atoms with E-state index in [-0.39, 0.29) is 0 Å². The van der Waals surface area contributed by atoms with Gasteiger partial charge in [-0.3, -0.25) is 9.98 Å².